The number of allylic oxidation sites excluding steroid dienone is 10. The molecule has 0 radical (unpaired) electrons. The van der Waals surface area contributed by atoms with E-state index in [1.54, 1.807) is 0 Å². The number of halogens is 1. The van der Waals surface area contributed by atoms with E-state index < -0.39 is 0 Å². The zero-order chi connectivity index (χ0) is 18.3. The lowest BCUT2D eigenvalue weighted by molar-refractivity contribution is 0.744. The van der Waals surface area contributed by atoms with E-state index >= 15 is 0 Å². The quantitative estimate of drug-likeness (QED) is 0.418. The fourth-order valence-electron chi connectivity index (χ4n) is 4.77. The highest BCUT2D eigenvalue weighted by molar-refractivity contribution is 14.1. The highest BCUT2D eigenvalue weighted by Crippen LogP contribution is 2.56. The Balaban J connectivity index is 1.93. The molecule has 0 spiro atoms. The Kier molecular flexibility index (Phi) is 4.28. The molecule has 0 heterocycles. The van der Waals surface area contributed by atoms with Gasteiger partial charge in [-0.3, -0.25) is 0 Å². The van der Waals surface area contributed by atoms with Crippen molar-refractivity contribution in [2.24, 2.45) is 0 Å². The van der Waals surface area contributed by atoms with Gasteiger partial charge >= 0.3 is 0 Å². The van der Waals surface area contributed by atoms with Gasteiger partial charge in [0, 0.05) is 3.57 Å². The molecule has 0 saturated carbocycles. The predicted molar refractivity (Wildman–Crippen MR) is 123 cm³/mol. The van der Waals surface area contributed by atoms with E-state index in [-0.39, 0.29) is 5.41 Å². The Labute approximate surface area is 174 Å². The van der Waals surface area contributed by atoms with Gasteiger partial charge < -0.3 is 0 Å². The Hall–Kier alpha value is -2.13. The van der Waals surface area contributed by atoms with Crippen LogP contribution in [-0.4, -0.2) is 0 Å². The molecule has 0 amide bonds. The molecule has 0 saturated heterocycles. The molecule has 1 unspecified atom stereocenters. The van der Waals surface area contributed by atoms with Gasteiger partial charge in [-0.2, -0.15) is 0 Å². The second-order valence-electron chi connectivity index (χ2n) is 7.31. The molecule has 0 bridgehead atoms. The van der Waals surface area contributed by atoms with Gasteiger partial charge in [0.1, 0.15) is 0 Å². The first kappa shape index (κ1) is 17.0. The van der Waals surface area contributed by atoms with Gasteiger partial charge in [0.05, 0.1) is 5.41 Å². The zero-order valence-electron chi connectivity index (χ0n) is 15.2. The maximum absolute atomic E-state index is 2.45. The van der Waals surface area contributed by atoms with Crippen LogP contribution in [0.3, 0.4) is 0 Å². The molecular formula is C26H21I. The summed E-state index contributed by atoms with van der Waals surface area (Å²) in [5.41, 5.74) is 8.12. The lowest BCUT2D eigenvalue weighted by Gasteiger charge is -2.36. The monoisotopic (exact) mass is 460 g/mol. The van der Waals surface area contributed by atoms with Gasteiger partial charge in [0.15, 0.2) is 0 Å². The second kappa shape index (κ2) is 6.79. The molecule has 0 nitrogen and oxygen atoms in total. The van der Waals surface area contributed by atoms with Gasteiger partial charge in [0.25, 0.3) is 0 Å². The third kappa shape index (κ3) is 2.55. The Bertz CT molecular complexity index is 1050. The topological polar surface area (TPSA) is 0 Å². The molecule has 3 aliphatic rings. The summed E-state index contributed by atoms with van der Waals surface area (Å²) < 4.78 is 1.29. The standard InChI is InChI=1S/C26H21I/c27-21-16-17-23-22-14-8-3-9-15-24(22)26(25(23)18-21,19-10-4-1-5-11-19)20-12-6-2-7-13-20/h1,4-6,8-18H,2-3,7H2. The van der Waals surface area contributed by atoms with Crippen LogP contribution in [0.5, 0.6) is 0 Å². The van der Waals surface area contributed by atoms with Crippen LogP contribution in [0.2, 0.25) is 0 Å². The van der Waals surface area contributed by atoms with Crippen molar-refractivity contribution in [2.45, 2.75) is 24.7 Å². The summed E-state index contributed by atoms with van der Waals surface area (Å²) in [7, 11) is 0. The number of benzene rings is 2. The number of rotatable bonds is 2. The first-order chi connectivity index (χ1) is 13.3. The summed E-state index contributed by atoms with van der Waals surface area (Å²) in [6.07, 6.45) is 19.7. The number of hydrogen-bond donors (Lipinski definition) is 0. The molecular weight excluding hydrogens is 439 g/mol. The first-order valence-electron chi connectivity index (χ1n) is 9.63. The normalized spacial score (nSPS) is 23.1. The van der Waals surface area contributed by atoms with Crippen LogP contribution in [0.4, 0.5) is 0 Å². The van der Waals surface area contributed by atoms with Crippen molar-refractivity contribution in [3.05, 3.63) is 122 Å². The lowest BCUT2D eigenvalue weighted by atomic mass is 9.65. The highest BCUT2D eigenvalue weighted by Gasteiger charge is 2.47. The van der Waals surface area contributed by atoms with E-state index in [2.05, 4.69) is 114 Å². The van der Waals surface area contributed by atoms with Crippen molar-refractivity contribution >= 4 is 28.2 Å². The Morgan fingerprint density at radius 1 is 0.815 bits per heavy atom. The van der Waals surface area contributed by atoms with Crippen LogP contribution in [0.25, 0.3) is 5.57 Å². The molecule has 132 valence electrons. The van der Waals surface area contributed by atoms with Gasteiger partial charge in [-0.1, -0.05) is 78.9 Å². The van der Waals surface area contributed by atoms with Crippen LogP contribution in [-0.2, 0) is 5.41 Å². The van der Waals surface area contributed by atoms with Crippen molar-refractivity contribution in [1.82, 2.24) is 0 Å². The minimum absolute atomic E-state index is 0.227. The molecule has 0 N–H and O–H groups in total. The van der Waals surface area contributed by atoms with Crippen molar-refractivity contribution in [2.75, 3.05) is 0 Å². The zero-order valence-corrected chi connectivity index (χ0v) is 17.3. The number of fused-ring (bicyclic) bond motifs is 2. The predicted octanol–water partition coefficient (Wildman–Crippen LogP) is 7.14. The molecule has 0 fully saturated rings. The van der Waals surface area contributed by atoms with Gasteiger partial charge in [-0.05, 0) is 87.4 Å². The summed E-state index contributed by atoms with van der Waals surface area (Å²) in [4.78, 5) is 0. The van der Waals surface area contributed by atoms with E-state index in [0.29, 0.717) is 0 Å². The SMILES string of the molecule is Ic1ccc2c(c1)C(C1=CCCC=C1)(c1ccccc1)C1=C2C=CCC=C1. The molecule has 0 aliphatic heterocycles. The summed E-state index contributed by atoms with van der Waals surface area (Å²) in [5, 5.41) is 0. The minimum Gasteiger partial charge on any atom is -0.0839 e. The average molecular weight is 460 g/mol. The highest BCUT2D eigenvalue weighted by atomic mass is 127. The van der Waals surface area contributed by atoms with Crippen molar-refractivity contribution in [3.63, 3.8) is 0 Å². The molecule has 1 atom stereocenters. The van der Waals surface area contributed by atoms with Gasteiger partial charge in [0.2, 0.25) is 0 Å². The van der Waals surface area contributed by atoms with Crippen LogP contribution in [0.1, 0.15) is 36.0 Å². The van der Waals surface area contributed by atoms with E-state index in [1.165, 1.54) is 37.0 Å². The van der Waals surface area contributed by atoms with Crippen LogP contribution < -0.4 is 0 Å². The Morgan fingerprint density at radius 2 is 1.67 bits per heavy atom. The third-order valence-corrected chi connectivity index (χ3v) is 6.52. The van der Waals surface area contributed by atoms with Crippen LogP contribution in [0.15, 0.2) is 102 Å². The fourth-order valence-corrected chi connectivity index (χ4v) is 5.26. The van der Waals surface area contributed by atoms with Crippen molar-refractivity contribution in [3.8, 4) is 0 Å². The summed E-state index contributed by atoms with van der Waals surface area (Å²) in [5.74, 6) is 0. The van der Waals surface area contributed by atoms with E-state index in [0.717, 1.165) is 19.3 Å². The lowest BCUT2D eigenvalue weighted by Crippen LogP contribution is -2.30. The Morgan fingerprint density at radius 3 is 2.48 bits per heavy atom. The number of hydrogen-bond acceptors (Lipinski definition) is 0. The maximum Gasteiger partial charge on any atom is 0.0710 e. The molecule has 27 heavy (non-hydrogen) atoms. The third-order valence-electron chi connectivity index (χ3n) is 5.85. The fraction of sp³-hybridized carbons (Fsp3) is 0.154. The van der Waals surface area contributed by atoms with Crippen LogP contribution in [0, 0.1) is 3.57 Å². The van der Waals surface area contributed by atoms with Crippen LogP contribution >= 0.6 is 22.6 Å². The average Bonchev–Trinajstić information content (AvgIpc) is 2.85. The molecule has 2 aromatic carbocycles. The summed E-state index contributed by atoms with van der Waals surface area (Å²) >= 11 is 2.45. The minimum atomic E-state index is -0.227. The molecule has 0 aromatic heterocycles. The smallest absolute Gasteiger partial charge is 0.0710 e. The largest absolute Gasteiger partial charge is 0.0839 e. The first-order valence-corrected chi connectivity index (χ1v) is 10.7. The maximum atomic E-state index is 2.45. The van der Waals surface area contributed by atoms with E-state index in [4.69, 9.17) is 0 Å². The molecule has 5 rings (SSSR count). The van der Waals surface area contributed by atoms with Crippen molar-refractivity contribution in [1.29, 1.82) is 0 Å². The van der Waals surface area contributed by atoms with E-state index in [1.807, 2.05) is 0 Å². The second-order valence-corrected chi connectivity index (χ2v) is 8.56. The van der Waals surface area contributed by atoms with Gasteiger partial charge in [-0.15, -0.1) is 0 Å². The summed E-state index contributed by atoms with van der Waals surface area (Å²) in [6.45, 7) is 0. The molecule has 2 aromatic rings. The van der Waals surface area contributed by atoms with Crippen molar-refractivity contribution < 1.29 is 0 Å². The molecule has 3 aliphatic carbocycles. The molecule has 1 heteroatoms. The van der Waals surface area contributed by atoms with E-state index in [9.17, 15) is 0 Å². The van der Waals surface area contributed by atoms with Gasteiger partial charge in [-0.25, -0.2) is 0 Å². The summed E-state index contributed by atoms with van der Waals surface area (Å²) in [6, 6.07) is 18.0.